The fourth-order valence-electron chi connectivity index (χ4n) is 3.14. The van der Waals surface area contributed by atoms with Gasteiger partial charge in [0.05, 0.1) is 5.69 Å². The van der Waals surface area contributed by atoms with Crippen LogP contribution in [0.1, 0.15) is 5.56 Å². The van der Waals surface area contributed by atoms with E-state index in [4.69, 9.17) is 0 Å². The van der Waals surface area contributed by atoms with Crippen LogP contribution in [0, 0.1) is 11.6 Å². The predicted octanol–water partition coefficient (Wildman–Crippen LogP) is 3.78. The van der Waals surface area contributed by atoms with Crippen molar-refractivity contribution in [3.8, 4) is 11.1 Å². The van der Waals surface area contributed by atoms with Crippen molar-refractivity contribution in [3.63, 3.8) is 0 Å². The second-order valence-corrected chi connectivity index (χ2v) is 7.81. The van der Waals surface area contributed by atoms with E-state index in [0.717, 1.165) is 33.1 Å². The molecule has 1 aliphatic rings. The van der Waals surface area contributed by atoms with Crippen LogP contribution in [0.5, 0.6) is 0 Å². The zero-order valence-electron chi connectivity index (χ0n) is 13.6. The average molecular weight is 372 g/mol. The summed E-state index contributed by atoms with van der Waals surface area (Å²) in [4.78, 5) is 3.33. The summed E-state index contributed by atoms with van der Waals surface area (Å²) < 4.78 is 54.3. The fourth-order valence-corrected chi connectivity index (χ4v) is 4.72. The molecule has 1 aromatic heterocycles. The third kappa shape index (κ3) is 2.74. The maximum absolute atomic E-state index is 14.0. The lowest BCUT2D eigenvalue weighted by Gasteiger charge is -2.20. The summed E-state index contributed by atoms with van der Waals surface area (Å²) in [5.41, 5.74) is 3.26. The molecule has 4 nitrogen and oxygen atoms in total. The molecule has 0 unspecified atom stereocenters. The topological polar surface area (TPSA) is 50.3 Å². The molecule has 0 bridgehead atoms. The first-order chi connectivity index (χ1) is 12.5. The van der Waals surface area contributed by atoms with Gasteiger partial charge in [-0.25, -0.2) is 17.2 Å². The molecule has 2 heterocycles. The van der Waals surface area contributed by atoms with Crippen molar-refractivity contribution < 1.29 is 17.2 Å². The van der Waals surface area contributed by atoms with E-state index < -0.39 is 26.6 Å². The summed E-state index contributed by atoms with van der Waals surface area (Å²) in [7, 11) is -4.17. The molecule has 0 N–H and O–H groups in total. The van der Waals surface area contributed by atoms with Gasteiger partial charge in [0.2, 0.25) is 0 Å². The van der Waals surface area contributed by atoms with Crippen molar-refractivity contribution >= 4 is 15.7 Å². The lowest BCUT2D eigenvalue weighted by molar-refractivity contribution is 0.551. The summed E-state index contributed by atoms with van der Waals surface area (Å²) in [6.45, 7) is 0.188. The third-order valence-corrected chi connectivity index (χ3v) is 6.24. The van der Waals surface area contributed by atoms with Gasteiger partial charge in [0, 0.05) is 18.9 Å². The van der Waals surface area contributed by atoms with Gasteiger partial charge >= 0.3 is 0 Å². The number of fused-ring (bicyclic) bond motifs is 1. The molecule has 3 aromatic rings. The average Bonchev–Trinajstić information content (AvgIpc) is 3.08. The third-order valence-electron chi connectivity index (χ3n) is 4.41. The second-order valence-electron chi connectivity index (χ2n) is 5.98. The van der Waals surface area contributed by atoms with Gasteiger partial charge in [-0.3, -0.25) is 9.29 Å². The highest BCUT2D eigenvalue weighted by molar-refractivity contribution is 7.92. The summed E-state index contributed by atoms with van der Waals surface area (Å²) in [5.74, 6) is -1.76. The number of sulfonamides is 1. The molecule has 0 fully saturated rings. The number of hydrogen-bond donors (Lipinski definition) is 0. The van der Waals surface area contributed by atoms with E-state index in [1.54, 1.807) is 18.5 Å². The number of aromatic nitrogens is 1. The predicted molar refractivity (Wildman–Crippen MR) is 94.3 cm³/mol. The van der Waals surface area contributed by atoms with E-state index in [0.29, 0.717) is 18.2 Å². The molecule has 0 saturated carbocycles. The first kappa shape index (κ1) is 16.7. The number of benzene rings is 2. The highest BCUT2D eigenvalue weighted by atomic mass is 32.2. The molecule has 132 valence electrons. The number of halogens is 2. The van der Waals surface area contributed by atoms with Crippen LogP contribution in [-0.2, 0) is 16.4 Å². The maximum atomic E-state index is 14.0. The Labute approximate surface area is 149 Å². The monoisotopic (exact) mass is 372 g/mol. The van der Waals surface area contributed by atoms with Crippen LogP contribution in [0.4, 0.5) is 14.5 Å². The number of pyridine rings is 1. The van der Waals surface area contributed by atoms with Gasteiger partial charge in [0.25, 0.3) is 10.0 Å². The summed E-state index contributed by atoms with van der Waals surface area (Å²) in [6, 6.07) is 11.6. The molecular weight excluding hydrogens is 358 g/mol. The molecule has 0 aliphatic carbocycles. The standard InChI is InChI=1S/C19H14F2N2O2S/c20-16-2-3-17(21)19(12-16)26(24,25)23-10-7-15-11-14(1-4-18(15)23)13-5-8-22-9-6-13/h1-6,8-9,11-12H,7,10H2. The van der Waals surface area contributed by atoms with E-state index in [9.17, 15) is 17.2 Å². The number of rotatable bonds is 3. The van der Waals surface area contributed by atoms with Crippen molar-refractivity contribution in [1.29, 1.82) is 0 Å². The molecule has 7 heteroatoms. The zero-order valence-corrected chi connectivity index (χ0v) is 14.4. The number of anilines is 1. The van der Waals surface area contributed by atoms with E-state index in [1.807, 2.05) is 24.3 Å². The molecule has 0 atom stereocenters. The largest absolute Gasteiger partial charge is 0.267 e. The summed E-state index contributed by atoms with van der Waals surface area (Å²) in [6.07, 6.45) is 3.88. The Morgan fingerprint density at radius 1 is 0.923 bits per heavy atom. The van der Waals surface area contributed by atoms with Gasteiger partial charge in [-0.1, -0.05) is 6.07 Å². The van der Waals surface area contributed by atoms with Crippen LogP contribution in [0.2, 0.25) is 0 Å². The van der Waals surface area contributed by atoms with Gasteiger partial charge < -0.3 is 0 Å². The molecule has 4 rings (SSSR count). The molecular formula is C19H14F2N2O2S. The van der Waals surface area contributed by atoms with Crippen LogP contribution >= 0.6 is 0 Å². The highest BCUT2D eigenvalue weighted by Crippen LogP contribution is 2.36. The van der Waals surface area contributed by atoms with E-state index in [-0.39, 0.29) is 6.54 Å². The van der Waals surface area contributed by atoms with Gasteiger partial charge in [-0.05, 0) is 65.6 Å². The van der Waals surface area contributed by atoms with Crippen molar-refractivity contribution in [3.05, 3.63) is 78.1 Å². The van der Waals surface area contributed by atoms with Crippen LogP contribution in [0.3, 0.4) is 0 Å². The highest BCUT2D eigenvalue weighted by Gasteiger charge is 2.33. The SMILES string of the molecule is O=S(=O)(c1cc(F)ccc1F)N1CCc2cc(-c3ccncc3)ccc21. The second kappa shape index (κ2) is 6.17. The van der Waals surface area contributed by atoms with E-state index in [2.05, 4.69) is 4.98 Å². The minimum atomic E-state index is -4.17. The van der Waals surface area contributed by atoms with Crippen LogP contribution in [0.25, 0.3) is 11.1 Å². The van der Waals surface area contributed by atoms with Gasteiger partial charge in [-0.2, -0.15) is 0 Å². The molecule has 1 aliphatic heterocycles. The summed E-state index contributed by atoms with van der Waals surface area (Å²) in [5, 5.41) is 0. The lowest BCUT2D eigenvalue weighted by Crippen LogP contribution is -2.29. The smallest absolute Gasteiger partial charge is 0.266 e. The maximum Gasteiger partial charge on any atom is 0.267 e. The molecule has 0 spiro atoms. The zero-order chi connectivity index (χ0) is 18.3. The minimum absolute atomic E-state index is 0.188. The van der Waals surface area contributed by atoms with Crippen molar-refractivity contribution in [2.24, 2.45) is 0 Å². The number of nitrogens with zero attached hydrogens (tertiary/aromatic N) is 2. The van der Waals surface area contributed by atoms with Crippen LogP contribution in [-0.4, -0.2) is 19.9 Å². The Morgan fingerprint density at radius 3 is 2.46 bits per heavy atom. The van der Waals surface area contributed by atoms with Crippen LogP contribution in [0.15, 0.2) is 65.8 Å². The Hall–Kier alpha value is -2.80. The van der Waals surface area contributed by atoms with Crippen molar-refractivity contribution in [1.82, 2.24) is 4.98 Å². The Kier molecular flexibility index (Phi) is 3.96. The quantitative estimate of drug-likeness (QED) is 0.703. The fraction of sp³-hybridized carbons (Fsp3) is 0.105. The van der Waals surface area contributed by atoms with E-state index >= 15 is 0 Å². The first-order valence-corrected chi connectivity index (χ1v) is 9.42. The van der Waals surface area contributed by atoms with Crippen molar-refractivity contribution in [2.75, 3.05) is 10.8 Å². The van der Waals surface area contributed by atoms with Crippen LogP contribution < -0.4 is 4.31 Å². The summed E-state index contributed by atoms with van der Waals surface area (Å²) >= 11 is 0. The van der Waals surface area contributed by atoms with Gasteiger partial charge in [0.1, 0.15) is 16.5 Å². The number of hydrogen-bond acceptors (Lipinski definition) is 3. The van der Waals surface area contributed by atoms with E-state index in [1.165, 1.54) is 0 Å². The van der Waals surface area contributed by atoms with Crippen molar-refractivity contribution in [2.45, 2.75) is 11.3 Å². The lowest BCUT2D eigenvalue weighted by atomic mass is 10.0. The Balaban J connectivity index is 1.75. The molecule has 2 aromatic carbocycles. The molecule has 0 saturated heterocycles. The Bertz CT molecular complexity index is 1090. The molecule has 26 heavy (non-hydrogen) atoms. The molecule has 0 amide bonds. The first-order valence-electron chi connectivity index (χ1n) is 7.98. The Morgan fingerprint density at radius 2 is 1.69 bits per heavy atom. The normalized spacial score (nSPS) is 13.7. The van der Waals surface area contributed by atoms with Gasteiger partial charge in [-0.15, -0.1) is 0 Å². The van der Waals surface area contributed by atoms with Gasteiger partial charge in [0.15, 0.2) is 0 Å². The molecule has 0 radical (unpaired) electrons. The minimum Gasteiger partial charge on any atom is -0.266 e.